The average molecular weight is 217 g/mol. The van der Waals surface area contributed by atoms with Crippen molar-refractivity contribution in [2.24, 2.45) is 5.92 Å². The van der Waals surface area contributed by atoms with Crippen molar-refractivity contribution in [1.29, 1.82) is 0 Å². The minimum absolute atomic E-state index is 0.275. The molecule has 1 aliphatic heterocycles. The number of allylic oxidation sites excluding steroid dienone is 1. The molecule has 84 valence electrons. The summed E-state index contributed by atoms with van der Waals surface area (Å²) < 4.78 is 5.24. The van der Waals surface area contributed by atoms with Gasteiger partial charge >= 0.3 is 5.97 Å². The van der Waals surface area contributed by atoms with E-state index in [9.17, 15) is 4.79 Å². The lowest BCUT2D eigenvalue weighted by Gasteiger charge is -2.08. The molecule has 1 atom stereocenters. The lowest BCUT2D eigenvalue weighted by Crippen LogP contribution is -2.13. The summed E-state index contributed by atoms with van der Waals surface area (Å²) in [6.45, 7) is 4.05. The fourth-order valence-corrected chi connectivity index (χ4v) is 1.63. The van der Waals surface area contributed by atoms with E-state index in [1.807, 2.05) is 50.3 Å². The number of cyclic esters (lactones) is 1. The maximum atomic E-state index is 11.5. The number of rotatable bonds is 2. The fraction of sp³-hybridized carbons (Fsp3) is 0.308. The number of benzene rings is 1. The van der Waals surface area contributed by atoms with Gasteiger partial charge in [0.25, 0.3) is 0 Å². The second kappa shape index (κ2) is 4.39. The van der Waals surface area contributed by atoms with Crippen LogP contribution in [-0.4, -0.2) is 5.97 Å². The van der Waals surface area contributed by atoms with Gasteiger partial charge < -0.3 is 10.1 Å². The van der Waals surface area contributed by atoms with Crippen LogP contribution in [0.15, 0.2) is 42.1 Å². The van der Waals surface area contributed by atoms with Crippen LogP contribution in [0.25, 0.3) is 0 Å². The first-order chi connectivity index (χ1) is 7.66. The van der Waals surface area contributed by atoms with Crippen molar-refractivity contribution < 1.29 is 9.53 Å². The predicted octanol–water partition coefficient (Wildman–Crippen LogP) is 2.37. The minimum Gasteiger partial charge on any atom is -0.433 e. The maximum absolute atomic E-state index is 11.5. The number of ether oxygens (including phenoxy) is 1. The van der Waals surface area contributed by atoms with Crippen molar-refractivity contribution in [2.75, 3.05) is 0 Å². The van der Waals surface area contributed by atoms with Gasteiger partial charge in [0.2, 0.25) is 0 Å². The molecule has 1 fully saturated rings. The molecule has 0 saturated carbocycles. The number of hydrogen-bond acceptors (Lipinski definition) is 3. The van der Waals surface area contributed by atoms with E-state index in [0.29, 0.717) is 11.6 Å². The normalized spacial score (nSPS) is 22.3. The summed E-state index contributed by atoms with van der Waals surface area (Å²) in [5.74, 6) is 0.0483. The number of carbonyl (C=O) groups excluding carboxylic acids is 1. The Kier molecular flexibility index (Phi) is 2.95. The lowest BCUT2D eigenvalue weighted by molar-refractivity contribution is -0.139. The third kappa shape index (κ3) is 2.24. The van der Waals surface area contributed by atoms with Gasteiger partial charge in [-0.05, 0) is 5.92 Å². The molecule has 1 saturated heterocycles. The molecule has 16 heavy (non-hydrogen) atoms. The maximum Gasteiger partial charge on any atom is 0.356 e. The van der Waals surface area contributed by atoms with Gasteiger partial charge in [-0.1, -0.05) is 50.3 Å². The van der Waals surface area contributed by atoms with Gasteiger partial charge in [-0.25, -0.2) is 4.79 Å². The van der Waals surface area contributed by atoms with Gasteiger partial charge in [-0.15, -0.1) is 0 Å². The van der Waals surface area contributed by atoms with Crippen LogP contribution >= 0.6 is 0 Å². The summed E-state index contributed by atoms with van der Waals surface area (Å²) in [7, 11) is 0. The van der Waals surface area contributed by atoms with Crippen LogP contribution in [0.3, 0.4) is 0 Å². The second-order valence-corrected chi connectivity index (χ2v) is 4.16. The van der Waals surface area contributed by atoms with E-state index >= 15 is 0 Å². The smallest absolute Gasteiger partial charge is 0.356 e. The summed E-state index contributed by atoms with van der Waals surface area (Å²) >= 11 is 0. The SMILES string of the molecule is CC(C)/C=C1/NC(c2ccccc2)OC1=O. The molecule has 3 nitrogen and oxygen atoms in total. The van der Waals surface area contributed by atoms with Crippen LogP contribution in [0.5, 0.6) is 0 Å². The van der Waals surface area contributed by atoms with E-state index in [2.05, 4.69) is 5.32 Å². The number of carbonyl (C=O) groups is 1. The van der Waals surface area contributed by atoms with Gasteiger partial charge in [0.15, 0.2) is 6.23 Å². The average Bonchev–Trinajstić information content (AvgIpc) is 2.61. The highest BCUT2D eigenvalue weighted by atomic mass is 16.6. The highest BCUT2D eigenvalue weighted by molar-refractivity contribution is 5.89. The monoisotopic (exact) mass is 217 g/mol. The first kappa shape index (κ1) is 10.7. The molecule has 1 aliphatic rings. The molecular weight excluding hydrogens is 202 g/mol. The number of esters is 1. The van der Waals surface area contributed by atoms with Gasteiger partial charge in [-0.2, -0.15) is 0 Å². The van der Waals surface area contributed by atoms with Gasteiger partial charge in [-0.3, -0.25) is 0 Å². The van der Waals surface area contributed by atoms with E-state index in [-0.39, 0.29) is 12.2 Å². The van der Waals surface area contributed by atoms with Gasteiger partial charge in [0.05, 0.1) is 0 Å². The third-order valence-electron chi connectivity index (χ3n) is 2.33. The molecule has 1 N–H and O–H groups in total. The molecule has 0 amide bonds. The molecular formula is C13H15NO2. The van der Waals surface area contributed by atoms with Crippen LogP contribution in [0, 0.1) is 5.92 Å². The predicted molar refractivity (Wildman–Crippen MR) is 61.3 cm³/mol. The van der Waals surface area contributed by atoms with E-state index in [1.54, 1.807) is 0 Å². The molecule has 0 aliphatic carbocycles. The van der Waals surface area contributed by atoms with Crippen molar-refractivity contribution in [3.63, 3.8) is 0 Å². The summed E-state index contributed by atoms with van der Waals surface area (Å²) in [6, 6.07) is 9.65. The molecule has 1 heterocycles. The molecule has 0 bridgehead atoms. The summed E-state index contributed by atoms with van der Waals surface area (Å²) in [4.78, 5) is 11.5. The van der Waals surface area contributed by atoms with Gasteiger partial charge in [0.1, 0.15) is 5.70 Å². The van der Waals surface area contributed by atoms with E-state index in [1.165, 1.54) is 0 Å². The van der Waals surface area contributed by atoms with Crippen molar-refractivity contribution in [1.82, 2.24) is 5.32 Å². The van der Waals surface area contributed by atoms with Crippen LogP contribution in [0.4, 0.5) is 0 Å². The minimum atomic E-state index is -0.348. The zero-order valence-electron chi connectivity index (χ0n) is 9.44. The molecule has 1 aromatic rings. The molecule has 0 aromatic heterocycles. The van der Waals surface area contributed by atoms with Crippen LogP contribution in [0.2, 0.25) is 0 Å². The van der Waals surface area contributed by atoms with Crippen molar-refractivity contribution in [2.45, 2.75) is 20.1 Å². The Morgan fingerprint density at radius 3 is 2.62 bits per heavy atom. The van der Waals surface area contributed by atoms with E-state index < -0.39 is 0 Å². The largest absolute Gasteiger partial charge is 0.433 e. The summed E-state index contributed by atoms with van der Waals surface area (Å²) in [5, 5.41) is 3.08. The Morgan fingerprint density at radius 1 is 1.31 bits per heavy atom. The zero-order chi connectivity index (χ0) is 11.5. The fourth-order valence-electron chi connectivity index (χ4n) is 1.63. The van der Waals surface area contributed by atoms with Crippen LogP contribution in [0.1, 0.15) is 25.6 Å². The highest BCUT2D eigenvalue weighted by Gasteiger charge is 2.28. The highest BCUT2D eigenvalue weighted by Crippen LogP contribution is 2.23. The molecule has 0 spiro atoms. The standard InChI is InChI=1S/C13H15NO2/c1-9(2)8-11-13(15)16-12(14-11)10-6-4-3-5-7-10/h3-9,12,14H,1-2H3/b11-8+. The molecule has 0 radical (unpaired) electrons. The molecule has 3 heteroatoms. The van der Waals surface area contributed by atoms with Gasteiger partial charge in [0, 0.05) is 5.56 Å². The summed E-state index contributed by atoms with van der Waals surface area (Å²) in [5.41, 5.74) is 1.52. The first-order valence-electron chi connectivity index (χ1n) is 5.41. The van der Waals surface area contributed by atoms with Crippen LogP contribution < -0.4 is 5.32 Å². The lowest BCUT2D eigenvalue weighted by atomic mass is 10.2. The first-order valence-corrected chi connectivity index (χ1v) is 5.41. The number of hydrogen-bond donors (Lipinski definition) is 1. The van der Waals surface area contributed by atoms with E-state index in [4.69, 9.17) is 4.74 Å². The van der Waals surface area contributed by atoms with Crippen molar-refractivity contribution in [3.05, 3.63) is 47.7 Å². The van der Waals surface area contributed by atoms with E-state index in [0.717, 1.165) is 5.56 Å². The Bertz CT molecular complexity index is 409. The Hall–Kier alpha value is -1.77. The topological polar surface area (TPSA) is 38.3 Å². The zero-order valence-corrected chi connectivity index (χ0v) is 9.44. The Balaban J connectivity index is 2.16. The summed E-state index contributed by atoms with van der Waals surface area (Å²) in [6.07, 6.45) is 1.53. The Morgan fingerprint density at radius 2 is 2.00 bits per heavy atom. The number of nitrogens with one attached hydrogen (secondary N) is 1. The quantitative estimate of drug-likeness (QED) is 0.610. The molecule has 2 rings (SSSR count). The second-order valence-electron chi connectivity index (χ2n) is 4.16. The Labute approximate surface area is 95.1 Å². The third-order valence-corrected chi connectivity index (χ3v) is 2.33. The molecule has 1 unspecified atom stereocenters. The van der Waals surface area contributed by atoms with Crippen molar-refractivity contribution in [3.8, 4) is 0 Å². The molecule has 1 aromatic carbocycles. The van der Waals surface area contributed by atoms with Crippen molar-refractivity contribution >= 4 is 5.97 Å². The van der Waals surface area contributed by atoms with Crippen LogP contribution in [-0.2, 0) is 9.53 Å².